The van der Waals surface area contributed by atoms with Gasteiger partial charge in [0.15, 0.2) is 0 Å². The molecule has 4 rings (SSSR count). The van der Waals surface area contributed by atoms with Gasteiger partial charge in [-0.15, -0.1) is 0 Å². The van der Waals surface area contributed by atoms with E-state index in [-0.39, 0.29) is 10.9 Å². The molecule has 0 fully saturated rings. The third-order valence-corrected chi connectivity index (χ3v) is 6.95. The molecule has 0 N–H and O–H groups in total. The summed E-state index contributed by atoms with van der Waals surface area (Å²) in [5, 5.41) is 4.61. The number of benzene rings is 3. The van der Waals surface area contributed by atoms with E-state index in [4.69, 9.17) is 0 Å². The lowest BCUT2D eigenvalue weighted by Crippen LogP contribution is -2.27. The van der Waals surface area contributed by atoms with E-state index in [1.807, 2.05) is 81.4 Å². The van der Waals surface area contributed by atoms with Crippen LogP contribution < -0.4 is 0 Å². The van der Waals surface area contributed by atoms with Crippen molar-refractivity contribution in [2.24, 2.45) is 5.10 Å². The quantitative estimate of drug-likeness (QED) is 0.604. The summed E-state index contributed by atoms with van der Waals surface area (Å²) in [5.74, 6) is 0. The third-order valence-electron chi connectivity index (χ3n) is 5.25. The number of hydrazone groups is 1. The van der Waals surface area contributed by atoms with Crippen LogP contribution in [0.5, 0.6) is 0 Å². The summed E-state index contributed by atoms with van der Waals surface area (Å²) >= 11 is 0. The number of hydrogen-bond donors (Lipinski definition) is 0. The molecule has 1 heterocycles. The highest BCUT2D eigenvalue weighted by Crippen LogP contribution is 2.37. The second-order valence-electron chi connectivity index (χ2n) is 7.64. The highest BCUT2D eigenvalue weighted by atomic mass is 32.2. The van der Waals surface area contributed by atoms with Crippen molar-refractivity contribution in [2.75, 3.05) is 0 Å². The molecule has 29 heavy (non-hydrogen) atoms. The van der Waals surface area contributed by atoms with Crippen molar-refractivity contribution >= 4 is 15.7 Å². The fraction of sp³-hybridized carbons (Fsp3) is 0.208. The predicted octanol–water partition coefficient (Wildman–Crippen LogP) is 5.15. The van der Waals surface area contributed by atoms with Crippen LogP contribution in [-0.2, 0) is 10.0 Å². The van der Waals surface area contributed by atoms with E-state index in [1.165, 1.54) is 4.41 Å². The lowest BCUT2D eigenvalue weighted by Gasteiger charge is -2.23. The van der Waals surface area contributed by atoms with Crippen LogP contribution in [0.1, 0.15) is 40.3 Å². The summed E-state index contributed by atoms with van der Waals surface area (Å²) in [5.41, 5.74) is 5.96. The van der Waals surface area contributed by atoms with E-state index in [1.54, 1.807) is 12.1 Å². The van der Waals surface area contributed by atoms with Crippen LogP contribution in [0.15, 0.2) is 82.8 Å². The van der Waals surface area contributed by atoms with E-state index in [0.717, 1.165) is 33.5 Å². The van der Waals surface area contributed by atoms with Gasteiger partial charge in [0.2, 0.25) is 0 Å². The maximum Gasteiger partial charge on any atom is 0.279 e. The molecule has 148 valence electrons. The lowest BCUT2D eigenvalue weighted by atomic mass is 9.98. The van der Waals surface area contributed by atoms with E-state index in [9.17, 15) is 8.42 Å². The topological polar surface area (TPSA) is 49.7 Å². The molecule has 0 saturated heterocycles. The zero-order valence-corrected chi connectivity index (χ0v) is 17.6. The third kappa shape index (κ3) is 3.83. The minimum absolute atomic E-state index is 0.259. The average molecular weight is 405 g/mol. The Kier molecular flexibility index (Phi) is 5.01. The molecule has 3 aromatic rings. The van der Waals surface area contributed by atoms with Crippen molar-refractivity contribution in [3.8, 4) is 0 Å². The molecule has 3 aromatic carbocycles. The van der Waals surface area contributed by atoms with Gasteiger partial charge in [-0.3, -0.25) is 0 Å². The Hall–Kier alpha value is -2.92. The molecule has 1 atom stereocenters. The fourth-order valence-electron chi connectivity index (χ4n) is 3.57. The van der Waals surface area contributed by atoms with Crippen molar-refractivity contribution in [3.63, 3.8) is 0 Å². The van der Waals surface area contributed by atoms with E-state index in [0.29, 0.717) is 6.42 Å². The molecule has 1 aliphatic heterocycles. The number of hydrogen-bond acceptors (Lipinski definition) is 3. The smallest absolute Gasteiger partial charge is 0.200 e. The summed E-state index contributed by atoms with van der Waals surface area (Å²) in [6, 6.07) is 22.6. The average Bonchev–Trinajstić information content (AvgIpc) is 3.15. The number of sulfonamides is 1. The molecule has 0 aliphatic carbocycles. The molecular weight excluding hydrogens is 380 g/mol. The first-order valence-electron chi connectivity index (χ1n) is 9.67. The molecule has 0 spiro atoms. The summed E-state index contributed by atoms with van der Waals surface area (Å²) in [7, 11) is -3.77. The highest BCUT2D eigenvalue weighted by molar-refractivity contribution is 7.89. The van der Waals surface area contributed by atoms with Crippen LogP contribution in [0.4, 0.5) is 0 Å². The van der Waals surface area contributed by atoms with Gasteiger partial charge in [-0.1, -0.05) is 77.4 Å². The van der Waals surface area contributed by atoms with E-state index < -0.39 is 10.0 Å². The molecule has 0 amide bonds. The van der Waals surface area contributed by atoms with Crippen LogP contribution in [0.25, 0.3) is 0 Å². The zero-order chi connectivity index (χ0) is 20.6. The van der Waals surface area contributed by atoms with Crippen molar-refractivity contribution in [1.29, 1.82) is 0 Å². The highest BCUT2D eigenvalue weighted by Gasteiger charge is 2.37. The molecule has 0 bridgehead atoms. The first kappa shape index (κ1) is 19.4. The molecule has 0 unspecified atom stereocenters. The minimum atomic E-state index is -3.77. The number of nitrogens with zero attached hydrogens (tertiary/aromatic N) is 2. The second-order valence-corrected chi connectivity index (χ2v) is 9.43. The Bertz CT molecular complexity index is 1160. The van der Waals surface area contributed by atoms with Gasteiger partial charge in [-0.25, -0.2) is 0 Å². The molecular formula is C24H24N2O2S. The van der Waals surface area contributed by atoms with Gasteiger partial charge in [0, 0.05) is 6.42 Å². The van der Waals surface area contributed by atoms with E-state index >= 15 is 0 Å². The largest absolute Gasteiger partial charge is 0.279 e. The number of aryl methyl sites for hydroxylation is 3. The lowest BCUT2D eigenvalue weighted by molar-refractivity contribution is 0.371. The first-order valence-corrected chi connectivity index (χ1v) is 11.1. The molecule has 5 heteroatoms. The normalized spacial score (nSPS) is 16.7. The van der Waals surface area contributed by atoms with Gasteiger partial charge in [-0.2, -0.15) is 17.9 Å². The van der Waals surface area contributed by atoms with Crippen LogP contribution >= 0.6 is 0 Å². The van der Waals surface area contributed by atoms with Crippen LogP contribution in [0.3, 0.4) is 0 Å². The van der Waals surface area contributed by atoms with Crippen molar-refractivity contribution < 1.29 is 8.42 Å². The summed E-state index contributed by atoms with van der Waals surface area (Å²) in [4.78, 5) is 0.259. The minimum Gasteiger partial charge on any atom is -0.200 e. The van der Waals surface area contributed by atoms with Crippen LogP contribution in [0.2, 0.25) is 0 Å². The standard InChI is InChI=1S/C24H24N2O2S/c1-17-7-11-20(12-8-17)23-16-24(21-6-4-5-19(3)15-21)26(25-23)29(27,28)22-13-9-18(2)10-14-22/h4-15,24H,16H2,1-3H3/t24-/m1/s1. The fourth-order valence-corrected chi connectivity index (χ4v) is 5.01. The van der Waals surface area contributed by atoms with Gasteiger partial charge in [0.05, 0.1) is 16.6 Å². The van der Waals surface area contributed by atoms with Crippen molar-refractivity contribution in [1.82, 2.24) is 4.41 Å². The van der Waals surface area contributed by atoms with Crippen molar-refractivity contribution in [3.05, 3.63) is 101 Å². The monoisotopic (exact) mass is 404 g/mol. The zero-order valence-electron chi connectivity index (χ0n) is 16.8. The van der Waals surface area contributed by atoms with E-state index in [2.05, 4.69) is 5.10 Å². The van der Waals surface area contributed by atoms with Gasteiger partial charge in [-0.05, 0) is 44.0 Å². The molecule has 0 aromatic heterocycles. The van der Waals surface area contributed by atoms with Gasteiger partial charge >= 0.3 is 0 Å². The SMILES string of the molecule is Cc1ccc(C2=NN(S(=O)(=O)c3ccc(C)cc3)[C@@H](c3cccc(C)c3)C2)cc1. The maximum absolute atomic E-state index is 13.5. The molecule has 1 aliphatic rings. The summed E-state index contributed by atoms with van der Waals surface area (Å²) in [6.45, 7) is 5.98. The van der Waals surface area contributed by atoms with Crippen LogP contribution in [0, 0.1) is 20.8 Å². The summed E-state index contributed by atoms with van der Waals surface area (Å²) in [6.07, 6.45) is 0.539. The van der Waals surface area contributed by atoms with Gasteiger partial charge in [0.1, 0.15) is 0 Å². The Morgan fingerprint density at radius 3 is 2.07 bits per heavy atom. The Labute approximate surface area is 172 Å². The predicted molar refractivity (Wildman–Crippen MR) is 116 cm³/mol. The molecule has 0 radical (unpaired) electrons. The first-order chi connectivity index (χ1) is 13.8. The molecule has 4 nitrogen and oxygen atoms in total. The van der Waals surface area contributed by atoms with Crippen LogP contribution in [-0.4, -0.2) is 18.5 Å². The van der Waals surface area contributed by atoms with Crippen molar-refractivity contribution in [2.45, 2.75) is 38.1 Å². The Morgan fingerprint density at radius 2 is 1.45 bits per heavy atom. The van der Waals surface area contributed by atoms with Gasteiger partial charge in [0.25, 0.3) is 10.0 Å². The van der Waals surface area contributed by atoms with Gasteiger partial charge < -0.3 is 0 Å². The summed E-state index contributed by atoms with van der Waals surface area (Å²) < 4.78 is 28.2. The Morgan fingerprint density at radius 1 is 0.828 bits per heavy atom. The second kappa shape index (κ2) is 7.48. The number of rotatable bonds is 4. The Balaban J connectivity index is 1.80. The molecule has 0 saturated carbocycles. The maximum atomic E-state index is 13.5.